The SMILES string of the molecule is CCC(C)C(NC(=O)CC(C)CC(C)(C)C)C(=O)Nc1nnc(-c2cccc(C)c2)s1. The Hall–Kier alpha value is -2.28. The fourth-order valence-corrected chi connectivity index (χ4v) is 4.46. The molecule has 1 aromatic carbocycles. The quantitative estimate of drug-likeness (QED) is 0.539. The molecular formula is C24H36N4O2S. The molecule has 2 aromatic rings. The van der Waals surface area contributed by atoms with Gasteiger partial charge < -0.3 is 5.32 Å². The highest BCUT2D eigenvalue weighted by Gasteiger charge is 2.28. The van der Waals surface area contributed by atoms with Gasteiger partial charge in [-0.1, -0.05) is 83.1 Å². The molecule has 31 heavy (non-hydrogen) atoms. The summed E-state index contributed by atoms with van der Waals surface area (Å²) >= 11 is 1.33. The highest BCUT2D eigenvalue weighted by Crippen LogP contribution is 2.28. The first-order chi connectivity index (χ1) is 14.5. The molecule has 7 heteroatoms. The number of aryl methyl sites for hydroxylation is 1. The predicted molar refractivity (Wildman–Crippen MR) is 128 cm³/mol. The summed E-state index contributed by atoms with van der Waals surface area (Å²) in [5.41, 5.74) is 2.27. The zero-order valence-corrected chi connectivity index (χ0v) is 20.6. The monoisotopic (exact) mass is 444 g/mol. The topological polar surface area (TPSA) is 84.0 Å². The molecule has 0 bridgehead atoms. The number of carbonyl (C=O) groups is 2. The molecule has 3 atom stereocenters. The van der Waals surface area contributed by atoms with E-state index in [9.17, 15) is 9.59 Å². The molecule has 1 heterocycles. The normalized spacial score (nSPS) is 14.5. The standard InChI is InChI=1S/C24H36N4O2S/c1-8-17(4)20(25-19(29)13-16(3)14-24(5,6)7)21(30)26-23-28-27-22(31-23)18-11-9-10-15(2)12-18/h9-12,16-17,20H,8,13-14H2,1-7H3,(H,25,29)(H,26,28,30). The van der Waals surface area contributed by atoms with Crippen LogP contribution in [0.4, 0.5) is 5.13 Å². The Labute approximate surface area is 190 Å². The number of nitrogens with one attached hydrogen (secondary N) is 2. The van der Waals surface area contributed by atoms with E-state index in [4.69, 9.17) is 0 Å². The van der Waals surface area contributed by atoms with Gasteiger partial charge in [-0.15, -0.1) is 10.2 Å². The molecule has 0 aliphatic heterocycles. The molecule has 0 aliphatic rings. The summed E-state index contributed by atoms with van der Waals surface area (Å²) in [6.07, 6.45) is 2.14. The van der Waals surface area contributed by atoms with Crippen molar-refractivity contribution in [1.29, 1.82) is 0 Å². The van der Waals surface area contributed by atoms with E-state index in [1.54, 1.807) is 0 Å². The summed E-state index contributed by atoms with van der Waals surface area (Å²) in [5, 5.41) is 15.3. The molecule has 0 fully saturated rings. The van der Waals surface area contributed by atoms with E-state index in [2.05, 4.69) is 48.5 Å². The number of benzene rings is 1. The van der Waals surface area contributed by atoms with Gasteiger partial charge in [0, 0.05) is 12.0 Å². The van der Waals surface area contributed by atoms with Gasteiger partial charge in [0.2, 0.25) is 16.9 Å². The summed E-state index contributed by atoms with van der Waals surface area (Å²) in [4.78, 5) is 25.6. The van der Waals surface area contributed by atoms with Crippen LogP contribution in [-0.2, 0) is 9.59 Å². The third-order valence-electron chi connectivity index (χ3n) is 5.23. The van der Waals surface area contributed by atoms with Crippen LogP contribution in [0.5, 0.6) is 0 Å². The summed E-state index contributed by atoms with van der Waals surface area (Å²) in [7, 11) is 0. The lowest BCUT2D eigenvalue weighted by molar-refractivity contribution is -0.128. The molecule has 0 aliphatic carbocycles. The molecular weight excluding hydrogens is 408 g/mol. The summed E-state index contributed by atoms with van der Waals surface area (Å²) in [6, 6.07) is 7.40. The van der Waals surface area contributed by atoms with Crippen LogP contribution in [0.25, 0.3) is 10.6 Å². The number of amides is 2. The first kappa shape index (κ1) is 25.0. The molecule has 0 spiro atoms. The maximum atomic E-state index is 13.0. The van der Waals surface area contributed by atoms with E-state index < -0.39 is 6.04 Å². The first-order valence-electron chi connectivity index (χ1n) is 11.0. The minimum Gasteiger partial charge on any atom is -0.344 e. The summed E-state index contributed by atoms with van der Waals surface area (Å²) in [5.74, 6) is -0.0836. The zero-order chi connectivity index (χ0) is 23.2. The van der Waals surface area contributed by atoms with Crippen molar-refractivity contribution in [3.8, 4) is 10.6 Å². The number of aromatic nitrogens is 2. The predicted octanol–water partition coefficient (Wildman–Crippen LogP) is 5.45. The lowest BCUT2D eigenvalue weighted by atomic mass is 9.84. The number of nitrogens with zero attached hydrogens (tertiary/aromatic N) is 2. The van der Waals surface area contributed by atoms with Crippen LogP contribution in [0.15, 0.2) is 24.3 Å². The minimum atomic E-state index is -0.606. The van der Waals surface area contributed by atoms with E-state index >= 15 is 0 Å². The Morgan fingerprint density at radius 2 is 1.87 bits per heavy atom. The van der Waals surface area contributed by atoms with E-state index in [-0.39, 0.29) is 29.1 Å². The molecule has 2 amide bonds. The molecule has 2 rings (SSSR count). The molecule has 170 valence electrons. The molecule has 0 radical (unpaired) electrons. The third kappa shape index (κ3) is 8.05. The number of hydrogen-bond acceptors (Lipinski definition) is 5. The molecule has 0 saturated heterocycles. The van der Waals surface area contributed by atoms with Gasteiger partial charge >= 0.3 is 0 Å². The molecule has 2 N–H and O–H groups in total. The fourth-order valence-electron chi connectivity index (χ4n) is 3.72. The van der Waals surface area contributed by atoms with Crippen LogP contribution in [0, 0.1) is 24.2 Å². The van der Waals surface area contributed by atoms with Gasteiger partial charge in [0.05, 0.1) is 0 Å². The van der Waals surface area contributed by atoms with Crippen LogP contribution in [0.1, 0.15) is 66.4 Å². The van der Waals surface area contributed by atoms with Crippen LogP contribution >= 0.6 is 11.3 Å². The Morgan fingerprint density at radius 3 is 2.48 bits per heavy atom. The average molecular weight is 445 g/mol. The van der Waals surface area contributed by atoms with Crippen molar-refractivity contribution >= 4 is 28.3 Å². The fraction of sp³-hybridized carbons (Fsp3) is 0.583. The van der Waals surface area contributed by atoms with Crippen molar-refractivity contribution in [1.82, 2.24) is 15.5 Å². The Balaban J connectivity index is 2.04. The Bertz CT molecular complexity index is 888. The van der Waals surface area contributed by atoms with E-state index in [0.29, 0.717) is 11.6 Å². The highest BCUT2D eigenvalue weighted by molar-refractivity contribution is 7.18. The summed E-state index contributed by atoms with van der Waals surface area (Å²) < 4.78 is 0. The van der Waals surface area contributed by atoms with Crippen LogP contribution in [0.3, 0.4) is 0 Å². The number of hydrogen-bond donors (Lipinski definition) is 2. The number of anilines is 1. The van der Waals surface area contributed by atoms with Crippen molar-refractivity contribution in [2.24, 2.45) is 17.3 Å². The maximum Gasteiger partial charge on any atom is 0.249 e. The van der Waals surface area contributed by atoms with E-state index in [0.717, 1.165) is 29.0 Å². The van der Waals surface area contributed by atoms with Crippen molar-refractivity contribution in [2.75, 3.05) is 5.32 Å². The van der Waals surface area contributed by atoms with E-state index in [1.165, 1.54) is 11.3 Å². The van der Waals surface area contributed by atoms with Gasteiger partial charge in [-0.3, -0.25) is 14.9 Å². The summed E-state index contributed by atoms with van der Waals surface area (Å²) in [6.45, 7) is 14.6. The second-order valence-electron chi connectivity index (χ2n) is 9.78. The van der Waals surface area contributed by atoms with Gasteiger partial charge in [0.1, 0.15) is 11.0 Å². The smallest absolute Gasteiger partial charge is 0.249 e. The number of rotatable bonds is 9. The molecule has 3 unspecified atom stereocenters. The largest absolute Gasteiger partial charge is 0.344 e. The third-order valence-corrected chi connectivity index (χ3v) is 6.11. The average Bonchev–Trinajstić information content (AvgIpc) is 3.12. The van der Waals surface area contributed by atoms with Gasteiger partial charge in [0.25, 0.3) is 0 Å². The van der Waals surface area contributed by atoms with Crippen molar-refractivity contribution in [3.05, 3.63) is 29.8 Å². The molecule has 6 nitrogen and oxygen atoms in total. The second-order valence-corrected chi connectivity index (χ2v) is 10.8. The van der Waals surface area contributed by atoms with E-state index in [1.807, 2.05) is 45.0 Å². The second kappa shape index (κ2) is 10.8. The van der Waals surface area contributed by atoms with Crippen molar-refractivity contribution < 1.29 is 9.59 Å². The first-order valence-corrected chi connectivity index (χ1v) is 11.8. The maximum absolute atomic E-state index is 13.0. The Kier molecular flexibility index (Phi) is 8.74. The lowest BCUT2D eigenvalue weighted by Gasteiger charge is -2.26. The van der Waals surface area contributed by atoms with Crippen LogP contribution in [0.2, 0.25) is 0 Å². The zero-order valence-electron chi connectivity index (χ0n) is 19.8. The Morgan fingerprint density at radius 1 is 1.16 bits per heavy atom. The molecule has 0 saturated carbocycles. The van der Waals surface area contributed by atoms with Crippen molar-refractivity contribution in [2.45, 2.75) is 73.8 Å². The van der Waals surface area contributed by atoms with Crippen molar-refractivity contribution in [3.63, 3.8) is 0 Å². The van der Waals surface area contributed by atoms with Gasteiger partial charge in [-0.25, -0.2) is 0 Å². The molecule has 1 aromatic heterocycles. The minimum absolute atomic E-state index is 0.00559. The number of carbonyl (C=O) groups excluding carboxylic acids is 2. The van der Waals surface area contributed by atoms with Crippen LogP contribution < -0.4 is 10.6 Å². The van der Waals surface area contributed by atoms with Gasteiger partial charge in [-0.05, 0) is 36.7 Å². The van der Waals surface area contributed by atoms with Gasteiger partial charge in [-0.2, -0.15) is 0 Å². The van der Waals surface area contributed by atoms with Crippen LogP contribution in [-0.4, -0.2) is 28.1 Å². The highest BCUT2D eigenvalue weighted by atomic mass is 32.1. The van der Waals surface area contributed by atoms with Gasteiger partial charge in [0.15, 0.2) is 0 Å². The lowest BCUT2D eigenvalue weighted by Crippen LogP contribution is -2.48.